The maximum absolute atomic E-state index is 5.41. The Labute approximate surface area is 98.6 Å². The van der Waals surface area contributed by atoms with Crippen LogP contribution in [0.2, 0.25) is 0 Å². The molecule has 0 N–H and O–H groups in total. The number of aryl methyl sites for hydroxylation is 1. The molecule has 0 saturated carbocycles. The first-order valence-electron chi connectivity index (χ1n) is 4.91. The average molecular weight is 238 g/mol. The lowest BCUT2D eigenvalue weighted by Gasteiger charge is -2.09. The third-order valence-electron chi connectivity index (χ3n) is 2.55. The zero-order valence-electron chi connectivity index (χ0n) is 9.79. The van der Waals surface area contributed by atoms with E-state index in [-0.39, 0.29) is 0 Å². The van der Waals surface area contributed by atoms with E-state index in [0.29, 0.717) is 0 Å². The van der Waals surface area contributed by atoms with Crippen LogP contribution in [0.3, 0.4) is 0 Å². The zero-order chi connectivity index (χ0) is 11.7. The summed E-state index contributed by atoms with van der Waals surface area (Å²) in [6.07, 6.45) is 0. The second-order valence-corrected chi connectivity index (χ2v) is 4.56. The minimum absolute atomic E-state index is 0.749. The Morgan fingerprint density at radius 1 is 1.00 bits per heavy atom. The lowest BCUT2D eigenvalue weighted by molar-refractivity contribution is 0.358. The second-order valence-electron chi connectivity index (χ2n) is 3.37. The highest BCUT2D eigenvalue weighted by Crippen LogP contribution is 2.45. The molecule has 0 aliphatic carbocycles. The molecule has 86 valence electrons. The SMILES string of the molecule is COc1ccc2c(OC)sc(C)c2c1OC. The first-order valence-corrected chi connectivity index (χ1v) is 5.72. The van der Waals surface area contributed by atoms with Crippen molar-refractivity contribution in [3.8, 4) is 16.6 Å². The summed E-state index contributed by atoms with van der Waals surface area (Å²) in [7, 11) is 4.98. The van der Waals surface area contributed by atoms with Crippen molar-refractivity contribution in [2.75, 3.05) is 21.3 Å². The molecule has 0 radical (unpaired) electrons. The predicted octanol–water partition coefficient (Wildman–Crippen LogP) is 3.24. The van der Waals surface area contributed by atoms with Crippen LogP contribution in [0.5, 0.6) is 16.6 Å². The van der Waals surface area contributed by atoms with E-state index in [9.17, 15) is 0 Å². The Morgan fingerprint density at radius 3 is 2.31 bits per heavy atom. The maximum Gasteiger partial charge on any atom is 0.181 e. The summed E-state index contributed by atoms with van der Waals surface area (Å²) in [5.74, 6) is 1.52. The van der Waals surface area contributed by atoms with E-state index in [0.717, 1.165) is 27.3 Å². The van der Waals surface area contributed by atoms with E-state index in [4.69, 9.17) is 14.2 Å². The molecule has 1 heterocycles. The van der Waals surface area contributed by atoms with Crippen LogP contribution >= 0.6 is 11.3 Å². The molecule has 0 atom stereocenters. The molecule has 0 bridgehead atoms. The van der Waals surface area contributed by atoms with Crippen molar-refractivity contribution < 1.29 is 14.2 Å². The first-order chi connectivity index (χ1) is 7.72. The van der Waals surface area contributed by atoms with Crippen molar-refractivity contribution in [2.24, 2.45) is 0 Å². The Bertz CT molecular complexity index is 516. The third kappa shape index (κ3) is 1.50. The van der Waals surface area contributed by atoms with E-state index in [2.05, 4.69) is 6.92 Å². The Balaban J connectivity index is 2.81. The van der Waals surface area contributed by atoms with E-state index in [1.54, 1.807) is 32.7 Å². The molecule has 1 aromatic heterocycles. The molecule has 2 aromatic rings. The van der Waals surface area contributed by atoms with Gasteiger partial charge in [-0.1, -0.05) is 0 Å². The lowest BCUT2D eigenvalue weighted by Crippen LogP contribution is -1.91. The summed E-state index contributed by atoms with van der Waals surface area (Å²) < 4.78 is 16.0. The number of hydrogen-bond acceptors (Lipinski definition) is 4. The summed E-state index contributed by atoms with van der Waals surface area (Å²) in [6.45, 7) is 2.05. The monoisotopic (exact) mass is 238 g/mol. The molecule has 0 aliphatic rings. The second kappa shape index (κ2) is 4.22. The van der Waals surface area contributed by atoms with Gasteiger partial charge >= 0.3 is 0 Å². The smallest absolute Gasteiger partial charge is 0.181 e. The van der Waals surface area contributed by atoms with Crippen molar-refractivity contribution >= 4 is 22.1 Å². The van der Waals surface area contributed by atoms with Crippen LogP contribution < -0.4 is 14.2 Å². The van der Waals surface area contributed by atoms with E-state index in [1.165, 1.54) is 4.88 Å². The van der Waals surface area contributed by atoms with Gasteiger partial charge in [0.25, 0.3) is 0 Å². The third-order valence-corrected chi connectivity index (χ3v) is 3.63. The van der Waals surface area contributed by atoms with E-state index < -0.39 is 0 Å². The van der Waals surface area contributed by atoms with Crippen LogP contribution in [-0.2, 0) is 0 Å². The number of ether oxygens (including phenoxy) is 3. The van der Waals surface area contributed by atoms with Crippen LogP contribution in [0.1, 0.15) is 4.88 Å². The molecular formula is C12H14O3S. The summed E-state index contributed by atoms with van der Waals surface area (Å²) in [6, 6.07) is 3.90. The molecule has 2 rings (SSSR count). The topological polar surface area (TPSA) is 27.7 Å². The average Bonchev–Trinajstić information content (AvgIpc) is 2.65. The largest absolute Gasteiger partial charge is 0.493 e. The summed E-state index contributed by atoms with van der Waals surface area (Å²) in [4.78, 5) is 1.17. The van der Waals surface area contributed by atoms with Gasteiger partial charge in [-0.3, -0.25) is 0 Å². The number of hydrogen-bond donors (Lipinski definition) is 0. The normalized spacial score (nSPS) is 10.5. The van der Waals surface area contributed by atoms with Gasteiger partial charge in [-0.05, 0) is 19.1 Å². The van der Waals surface area contributed by atoms with Gasteiger partial charge in [-0.2, -0.15) is 0 Å². The minimum atomic E-state index is 0.749. The molecule has 0 saturated heterocycles. The van der Waals surface area contributed by atoms with Gasteiger partial charge in [0.2, 0.25) is 0 Å². The number of rotatable bonds is 3. The fourth-order valence-electron chi connectivity index (χ4n) is 1.84. The Hall–Kier alpha value is -1.42. The molecule has 16 heavy (non-hydrogen) atoms. The number of methoxy groups -OCH3 is 3. The van der Waals surface area contributed by atoms with Crippen molar-refractivity contribution in [3.05, 3.63) is 17.0 Å². The highest BCUT2D eigenvalue weighted by Gasteiger charge is 2.16. The van der Waals surface area contributed by atoms with Gasteiger partial charge in [-0.15, -0.1) is 11.3 Å². The van der Waals surface area contributed by atoms with Gasteiger partial charge in [-0.25, -0.2) is 0 Å². The lowest BCUT2D eigenvalue weighted by atomic mass is 10.1. The molecule has 0 aliphatic heterocycles. The number of fused-ring (bicyclic) bond motifs is 1. The standard InChI is InChI=1S/C12H14O3S/c1-7-10-8(12(15-4)16-7)5-6-9(13-2)11(10)14-3/h5-6H,1-4H3. The van der Waals surface area contributed by atoms with Gasteiger partial charge in [0.15, 0.2) is 16.6 Å². The number of thiophene rings is 1. The highest BCUT2D eigenvalue weighted by atomic mass is 32.1. The Morgan fingerprint density at radius 2 is 1.75 bits per heavy atom. The molecule has 0 fully saturated rings. The van der Waals surface area contributed by atoms with Crippen LogP contribution in [0, 0.1) is 6.92 Å². The Kier molecular flexibility index (Phi) is 2.92. The highest BCUT2D eigenvalue weighted by molar-refractivity contribution is 7.15. The van der Waals surface area contributed by atoms with Crippen LogP contribution in [0.15, 0.2) is 12.1 Å². The molecule has 1 aromatic carbocycles. The van der Waals surface area contributed by atoms with Crippen LogP contribution in [0.4, 0.5) is 0 Å². The van der Waals surface area contributed by atoms with Gasteiger partial charge in [0, 0.05) is 15.6 Å². The maximum atomic E-state index is 5.41. The summed E-state index contributed by atoms with van der Waals surface area (Å²) in [5, 5.41) is 3.06. The quantitative estimate of drug-likeness (QED) is 0.821. The van der Waals surface area contributed by atoms with Crippen LogP contribution in [-0.4, -0.2) is 21.3 Å². The first kappa shape index (κ1) is 11.1. The summed E-state index contributed by atoms with van der Waals surface area (Å²) in [5.41, 5.74) is 0. The molecular weight excluding hydrogens is 224 g/mol. The summed E-state index contributed by atoms with van der Waals surface area (Å²) >= 11 is 1.62. The predicted molar refractivity (Wildman–Crippen MR) is 66.2 cm³/mol. The molecule has 0 unspecified atom stereocenters. The molecule has 4 heteroatoms. The number of benzene rings is 1. The fourth-order valence-corrected chi connectivity index (χ4v) is 2.79. The van der Waals surface area contributed by atoms with Gasteiger partial charge in [0.05, 0.1) is 21.3 Å². The van der Waals surface area contributed by atoms with Crippen molar-refractivity contribution in [3.63, 3.8) is 0 Å². The minimum Gasteiger partial charge on any atom is -0.493 e. The molecule has 0 amide bonds. The fraction of sp³-hybridized carbons (Fsp3) is 0.333. The van der Waals surface area contributed by atoms with Gasteiger partial charge < -0.3 is 14.2 Å². The van der Waals surface area contributed by atoms with Crippen molar-refractivity contribution in [1.82, 2.24) is 0 Å². The van der Waals surface area contributed by atoms with E-state index >= 15 is 0 Å². The van der Waals surface area contributed by atoms with Crippen molar-refractivity contribution in [1.29, 1.82) is 0 Å². The van der Waals surface area contributed by atoms with Crippen LogP contribution in [0.25, 0.3) is 10.8 Å². The van der Waals surface area contributed by atoms with Crippen molar-refractivity contribution in [2.45, 2.75) is 6.92 Å². The molecule has 0 spiro atoms. The van der Waals surface area contributed by atoms with Gasteiger partial charge in [0.1, 0.15) is 0 Å². The molecule has 3 nitrogen and oxygen atoms in total. The van der Waals surface area contributed by atoms with E-state index in [1.807, 2.05) is 12.1 Å². The zero-order valence-corrected chi connectivity index (χ0v) is 10.6.